The molecule has 0 saturated heterocycles. The van der Waals surface area contributed by atoms with E-state index in [4.69, 9.17) is 4.74 Å². The molecule has 1 aliphatic rings. The van der Waals surface area contributed by atoms with Gasteiger partial charge in [0.2, 0.25) is 0 Å². The second-order valence-electron chi connectivity index (χ2n) is 5.87. The van der Waals surface area contributed by atoms with E-state index in [0.29, 0.717) is 12.6 Å². The molecule has 1 aromatic carbocycles. The van der Waals surface area contributed by atoms with Gasteiger partial charge in [0, 0.05) is 17.6 Å². The Morgan fingerprint density at radius 3 is 2.75 bits per heavy atom. The number of allylic oxidation sites excluding steroid dienone is 1. The first-order valence-corrected chi connectivity index (χ1v) is 7.35. The average Bonchev–Trinajstić information content (AvgIpc) is 2.87. The van der Waals surface area contributed by atoms with Crippen molar-refractivity contribution in [3.05, 3.63) is 34.9 Å². The number of fused-ring (bicyclic) bond motifs is 1. The van der Waals surface area contributed by atoms with Gasteiger partial charge in [-0.25, -0.2) is 0 Å². The van der Waals surface area contributed by atoms with Crippen LogP contribution in [0.2, 0.25) is 0 Å². The van der Waals surface area contributed by atoms with Crippen molar-refractivity contribution < 1.29 is 9.84 Å². The first kappa shape index (κ1) is 15.1. The van der Waals surface area contributed by atoms with Gasteiger partial charge in [-0.15, -0.1) is 0 Å². The Labute approximate surface area is 121 Å². The van der Waals surface area contributed by atoms with Crippen molar-refractivity contribution in [3.63, 3.8) is 0 Å². The monoisotopic (exact) mass is 275 g/mol. The lowest BCUT2D eigenvalue weighted by atomic mass is 10.0. The fourth-order valence-corrected chi connectivity index (χ4v) is 2.58. The van der Waals surface area contributed by atoms with Crippen molar-refractivity contribution in [2.45, 2.75) is 52.3 Å². The van der Waals surface area contributed by atoms with Crippen molar-refractivity contribution in [2.24, 2.45) is 0 Å². The summed E-state index contributed by atoms with van der Waals surface area (Å²) in [5.74, 6) is 0.871. The number of nitrogens with one attached hydrogen (secondary N) is 1. The van der Waals surface area contributed by atoms with Crippen LogP contribution < -0.4 is 10.1 Å². The Bertz CT molecular complexity index is 494. The van der Waals surface area contributed by atoms with Crippen LogP contribution in [0.4, 0.5) is 0 Å². The first-order valence-electron chi connectivity index (χ1n) is 7.35. The zero-order valence-corrected chi connectivity index (χ0v) is 12.8. The van der Waals surface area contributed by atoms with Crippen molar-refractivity contribution in [1.82, 2.24) is 5.32 Å². The van der Waals surface area contributed by atoms with Gasteiger partial charge in [0.15, 0.2) is 0 Å². The fourth-order valence-electron chi connectivity index (χ4n) is 2.58. The highest BCUT2D eigenvalue weighted by molar-refractivity contribution is 5.67. The third-order valence-electron chi connectivity index (χ3n) is 3.74. The zero-order chi connectivity index (χ0) is 14.7. The van der Waals surface area contributed by atoms with E-state index in [1.807, 2.05) is 13.0 Å². The summed E-state index contributed by atoms with van der Waals surface area (Å²) in [6, 6.07) is 4.45. The number of aliphatic hydroxyl groups is 1. The van der Waals surface area contributed by atoms with E-state index < -0.39 is 6.10 Å². The van der Waals surface area contributed by atoms with Gasteiger partial charge in [-0.1, -0.05) is 32.1 Å². The molecule has 2 atom stereocenters. The summed E-state index contributed by atoms with van der Waals surface area (Å²) in [5, 5.41) is 13.4. The molecule has 2 N–H and O–H groups in total. The number of ether oxygens (including phenoxy) is 1. The van der Waals surface area contributed by atoms with Crippen LogP contribution in [0.5, 0.6) is 5.75 Å². The summed E-state index contributed by atoms with van der Waals surface area (Å²) in [6.45, 7) is 8.56. The number of rotatable bonds is 6. The fraction of sp³-hybridized carbons (Fsp3) is 0.529. The molecule has 0 aromatic heterocycles. The van der Waals surface area contributed by atoms with Crippen LogP contribution in [0.15, 0.2) is 18.2 Å². The smallest absolute Gasteiger partial charge is 0.126 e. The molecule has 0 aliphatic heterocycles. The summed E-state index contributed by atoms with van der Waals surface area (Å²) in [7, 11) is 0. The highest BCUT2D eigenvalue weighted by Crippen LogP contribution is 2.31. The molecule has 2 unspecified atom stereocenters. The Hall–Kier alpha value is -1.32. The molecule has 0 fully saturated rings. The van der Waals surface area contributed by atoms with Gasteiger partial charge in [0.05, 0.1) is 0 Å². The minimum atomic E-state index is -0.514. The van der Waals surface area contributed by atoms with Gasteiger partial charge in [-0.2, -0.15) is 0 Å². The molecule has 110 valence electrons. The molecule has 0 amide bonds. The van der Waals surface area contributed by atoms with Gasteiger partial charge < -0.3 is 15.2 Å². The number of aliphatic hydroxyl groups excluding tert-OH is 1. The van der Waals surface area contributed by atoms with E-state index >= 15 is 0 Å². The van der Waals surface area contributed by atoms with Crippen molar-refractivity contribution >= 4 is 6.08 Å². The molecule has 1 aromatic rings. The molecule has 0 bridgehead atoms. The van der Waals surface area contributed by atoms with E-state index in [1.54, 1.807) is 0 Å². The quantitative estimate of drug-likeness (QED) is 0.838. The zero-order valence-electron chi connectivity index (χ0n) is 12.8. The summed E-state index contributed by atoms with van der Waals surface area (Å²) in [6.07, 6.45) is 4.73. The van der Waals surface area contributed by atoms with Gasteiger partial charge in [-0.05, 0) is 37.5 Å². The molecule has 0 radical (unpaired) electrons. The van der Waals surface area contributed by atoms with Crippen molar-refractivity contribution in [2.75, 3.05) is 6.61 Å². The number of hydrogen-bond donors (Lipinski definition) is 2. The van der Waals surface area contributed by atoms with E-state index in [1.165, 1.54) is 16.7 Å². The lowest BCUT2D eigenvalue weighted by molar-refractivity contribution is 0.0758. The lowest BCUT2D eigenvalue weighted by Crippen LogP contribution is -2.43. The molecule has 1 aliphatic carbocycles. The lowest BCUT2D eigenvalue weighted by Gasteiger charge is -2.23. The van der Waals surface area contributed by atoms with E-state index in [2.05, 4.69) is 44.3 Å². The largest absolute Gasteiger partial charge is 0.490 e. The summed E-state index contributed by atoms with van der Waals surface area (Å²) < 4.78 is 5.83. The Morgan fingerprint density at radius 1 is 1.30 bits per heavy atom. The van der Waals surface area contributed by atoms with E-state index in [-0.39, 0.29) is 6.04 Å². The topological polar surface area (TPSA) is 41.5 Å². The molecule has 0 spiro atoms. The van der Waals surface area contributed by atoms with Crippen LogP contribution in [-0.2, 0) is 6.42 Å². The Morgan fingerprint density at radius 2 is 2.05 bits per heavy atom. The maximum atomic E-state index is 10.1. The number of aryl methyl sites for hydroxylation is 1. The van der Waals surface area contributed by atoms with Crippen LogP contribution in [0.3, 0.4) is 0 Å². The minimum absolute atomic E-state index is 0.0176. The van der Waals surface area contributed by atoms with Crippen LogP contribution in [0.25, 0.3) is 6.08 Å². The van der Waals surface area contributed by atoms with Gasteiger partial charge in [0.1, 0.15) is 18.5 Å². The van der Waals surface area contributed by atoms with Crippen LogP contribution in [-0.4, -0.2) is 29.9 Å². The summed E-state index contributed by atoms with van der Waals surface area (Å²) in [5.41, 5.74) is 3.81. The predicted octanol–water partition coefficient (Wildman–Crippen LogP) is 2.69. The molecule has 3 nitrogen and oxygen atoms in total. The molecule has 0 saturated carbocycles. The third kappa shape index (κ3) is 3.41. The van der Waals surface area contributed by atoms with E-state index in [0.717, 1.165) is 12.2 Å². The standard InChI is InChI=1S/C17H25NO2/c1-11(2)18-13(4)16(19)10-20-17-9-8-12(3)14-6-5-7-15(14)17/h5,7-9,11,13,16,18-19H,6,10H2,1-4H3. The number of hydrogen-bond acceptors (Lipinski definition) is 3. The van der Waals surface area contributed by atoms with Gasteiger partial charge >= 0.3 is 0 Å². The second kappa shape index (κ2) is 6.42. The maximum absolute atomic E-state index is 10.1. The SMILES string of the molecule is Cc1ccc(OCC(O)C(C)NC(C)C)c2c1CC=C2. The van der Waals surface area contributed by atoms with Crippen LogP contribution in [0.1, 0.15) is 37.5 Å². The molecule has 0 heterocycles. The van der Waals surface area contributed by atoms with Crippen LogP contribution >= 0.6 is 0 Å². The van der Waals surface area contributed by atoms with Crippen molar-refractivity contribution in [1.29, 1.82) is 0 Å². The first-order chi connectivity index (χ1) is 9.49. The minimum Gasteiger partial charge on any atom is -0.490 e. The van der Waals surface area contributed by atoms with Gasteiger partial charge in [-0.3, -0.25) is 0 Å². The highest BCUT2D eigenvalue weighted by Gasteiger charge is 2.18. The second-order valence-corrected chi connectivity index (χ2v) is 5.87. The number of benzene rings is 1. The predicted molar refractivity (Wildman–Crippen MR) is 83.2 cm³/mol. The summed E-state index contributed by atoms with van der Waals surface area (Å²) in [4.78, 5) is 0. The average molecular weight is 275 g/mol. The van der Waals surface area contributed by atoms with Crippen molar-refractivity contribution in [3.8, 4) is 5.75 Å². The van der Waals surface area contributed by atoms with Gasteiger partial charge in [0.25, 0.3) is 0 Å². The molecule has 3 heteroatoms. The molecular formula is C17H25NO2. The highest BCUT2D eigenvalue weighted by atomic mass is 16.5. The molecular weight excluding hydrogens is 250 g/mol. The third-order valence-corrected chi connectivity index (χ3v) is 3.74. The molecule has 20 heavy (non-hydrogen) atoms. The Balaban J connectivity index is 1.98. The Kier molecular flexibility index (Phi) is 4.84. The molecule has 2 rings (SSSR count). The maximum Gasteiger partial charge on any atom is 0.126 e. The summed E-state index contributed by atoms with van der Waals surface area (Å²) >= 11 is 0. The normalized spacial score (nSPS) is 16.3. The van der Waals surface area contributed by atoms with Crippen LogP contribution in [0, 0.1) is 6.92 Å². The van der Waals surface area contributed by atoms with E-state index in [9.17, 15) is 5.11 Å².